The standard InChI is InChI=1S/C12H19F3O2/c13-12(14,15)9-17-8-7-11(16)10-5-3-1-2-4-6-10/h10H,1-9H2. The van der Waals surface area contributed by atoms with Crippen molar-refractivity contribution in [2.45, 2.75) is 51.1 Å². The number of halogens is 3. The molecule has 0 aromatic heterocycles. The Morgan fingerprint density at radius 3 is 2.24 bits per heavy atom. The molecule has 0 N–H and O–H groups in total. The molecule has 0 spiro atoms. The maximum Gasteiger partial charge on any atom is 0.411 e. The molecular formula is C12H19F3O2. The van der Waals surface area contributed by atoms with Crippen LogP contribution in [-0.2, 0) is 9.53 Å². The first-order valence-corrected chi connectivity index (χ1v) is 6.16. The van der Waals surface area contributed by atoms with Crippen molar-refractivity contribution in [3.63, 3.8) is 0 Å². The van der Waals surface area contributed by atoms with Gasteiger partial charge in [0.2, 0.25) is 0 Å². The highest BCUT2D eigenvalue weighted by Gasteiger charge is 2.27. The number of alkyl halides is 3. The van der Waals surface area contributed by atoms with Gasteiger partial charge in [-0.3, -0.25) is 4.79 Å². The molecule has 0 unspecified atom stereocenters. The third-order valence-electron chi connectivity index (χ3n) is 3.07. The Labute approximate surface area is 99.5 Å². The molecule has 5 heteroatoms. The molecule has 2 nitrogen and oxygen atoms in total. The van der Waals surface area contributed by atoms with Crippen molar-refractivity contribution < 1.29 is 22.7 Å². The summed E-state index contributed by atoms with van der Waals surface area (Å²) in [6.45, 7) is -1.38. The first kappa shape index (κ1) is 14.5. The molecule has 1 aliphatic carbocycles. The van der Waals surface area contributed by atoms with E-state index in [9.17, 15) is 18.0 Å². The molecule has 100 valence electrons. The van der Waals surface area contributed by atoms with Crippen LogP contribution >= 0.6 is 0 Å². The van der Waals surface area contributed by atoms with E-state index in [1.165, 1.54) is 0 Å². The van der Waals surface area contributed by atoms with Crippen LogP contribution in [0.2, 0.25) is 0 Å². The van der Waals surface area contributed by atoms with E-state index in [1.54, 1.807) is 0 Å². The molecule has 0 radical (unpaired) electrons. The number of carbonyl (C=O) groups is 1. The summed E-state index contributed by atoms with van der Waals surface area (Å²) in [5, 5.41) is 0. The highest BCUT2D eigenvalue weighted by atomic mass is 19.4. The molecule has 0 atom stereocenters. The molecule has 1 aliphatic rings. The van der Waals surface area contributed by atoms with Crippen molar-refractivity contribution in [1.29, 1.82) is 0 Å². The third-order valence-corrected chi connectivity index (χ3v) is 3.07. The summed E-state index contributed by atoms with van der Waals surface area (Å²) in [5.74, 6) is 0.112. The number of rotatable bonds is 5. The number of hydrogen-bond donors (Lipinski definition) is 0. The Morgan fingerprint density at radius 1 is 1.12 bits per heavy atom. The normalized spacial score (nSPS) is 19.0. The van der Waals surface area contributed by atoms with Gasteiger partial charge in [0.25, 0.3) is 0 Å². The lowest BCUT2D eigenvalue weighted by molar-refractivity contribution is -0.174. The molecule has 1 saturated carbocycles. The number of ether oxygens (including phenoxy) is 1. The molecule has 0 aromatic rings. The molecule has 17 heavy (non-hydrogen) atoms. The van der Waals surface area contributed by atoms with Gasteiger partial charge >= 0.3 is 6.18 Å². The van der Waals surface area contributed by atoms with E-state index in [1.807, 2.05) is 0 Å². The van der Waals surface area contributed by atoms with Crippen LogP contribution in [0.25, 0.3) is 0 Å². The first-order chi connectivity index (χ1) is 7.99. The maximum atomic E-state index is 11.8. The van der Waals surface area contributed by atoms with Crippen molar-refractivity contribution in [2.75, 3.05) is 13.2 Å². The fourth-order valence-electron chi connectivity index (χ4n) is 2.17. The summed E-state index contributed by atoms with van der Waals surface area (Å²) in [6.07, 6.45) is 2.02. The van der Waals surface area contributed by atoms with Crippen LogP contribution in [0.5, 0.6) is 0 Å². The van der Waals surface area contributed by atoms with Gasteiger partial charge in [-0.25, -0.2) is 0 Å². The third kappa shape index (κ3) is 6.66. The summed E-state index contributed by atoms with van der Waals surface area (Å²) in [6, 6.07) is 0. The zero-order chi connectivity index (χ0) is 12.7. The van der Waals surface area contributed by atoms with Crippen LogP contribution < -0.4 is 0 Å². The lowest BCUT2D eigenvalue weighted by atomic mass is 9.94. The first-order valence-electron chi connectivity index (χ1n) is 6.16. The van der Waals surface area contributed by atoms with Gasteiger partial charge in [0.15, 0.2) is 0 Å². The van der Waals surface area contributed by atoms with Gasteiger partial charge in [0.1, 0.15) is 12.4 Å². The fourth-order valence-corrected chi connectivity index (χ4v) is 2.17. The molecular weight excluding hydrogens is 233 g/mol. The topological polar surface area (TPSA) is 26.3 Å². The van der Waals surface area contributed by atoms with Crippen LogP contribution in [-0.4, -0.2) is 25.2 Å². The van der Waals surface area contributed by atoms with Crippen molar-refractivity contribution in [3.05, 3.63) is 0 Å². The minimum atomic E-state index is -4.30. The largest absolute Gasteiger partial charge is 0.411 e. The van der Waals surface area contributed by atoms with Gasteiger partial charge in [-0.15, -0.1) is 0 Å². The number of carbonyl (C=O) groups excluding carboxylic acids is 1. The number of hydrogen-bond acceptors (Lipinski definition) is 2. The predicted octanol–water partition coefficient (Wildman–Crippen LogP) is 3.49. The van der Waals surface area contributed by atoms with E-state index in [-0.39, 0.29) is 24.7 Å². The Morgan fingerprint density at radius 2 is 1.71 bits per heavy atom. The maximum absolute atomic E-state index is 11.8. The molecule has 0 amide bonds. The quantitative estimate of drug-likeness (QED) is 0.553. The Hall–Kier alpha value is -0.580. The fraction of sp³-hybridized carbons (Fsp3) is 0.917. The van der Waals surface area contributed by atoms with E-state index in [0.717, 1.165) is 38.5 Å². The Bertz CT molecular complexity index is 230. The highest BCUT2D eigenvalue weighted by Crippen LogP contribution is 2.24. The van der Waals surface area contributed by atoms with Gasteiger partial charge in [-0.2, -0.15) is 13.2 Å². The van der Waals surface area contributed by atoms with Crippen molar-refractivity contribution >= 4 is 5.78 Å². The van der Waals surface area contributed by atoms with Gasteiger partial charge in [0, 0.05) is 12.3 Å². The summed E-state index contributed by atoms with van der Waals surface area (Å²) < 4.78 is 39.8. The van der Waals surface area contributed by atoms with Crippen molar-refractivity contribution in [3.8, 4) is 0 Å². The summed E-state index contributed by atoms with van der Waals surface area (Å²) in [5.41, 5.74) is 0. The van der Waals surface area contributed by atoms with E-state index in [0.29, 0.717) is 0 Å². The van der Waals surface area contributed by atoms with Gasteiger partial charge in [0.05, 0.1) is 6.61 Å². The van der Waals surface area contributed by atoms with Crippen LogP contribution in [0.1, 0.15) is 44.9 Å². The molecule has 1 rings (SSSR count). The molecule has 0 heterocycles. The average molecular weight is 252 g/mol. The smallest absolute Gasteiger partial charge is 0.372 e. The second-order valence-electron chi connectivity index (χ2n) is 4.57. The minimum Gasteiger partial charge on any atom is -0.372 e. The van der Waals surface area contributed by atoms with E-state index >= 15 is 0 Å². The average Bonchev–Trinajstić information content (AvgIpc) is 2.51. The minimum absolute atomic E-state index is 0.0481. The monoisotopic (exact) mass is 252 g/mol. The summed E-state index contributed by atoms with van der Waals surface area (Å²) in [7, 11) is 0. The van der Waals surface area contributed by atoms with Gasteiger partial charge < -0.3 is 4.74 Å². The highest BCUT2D eigenvalue weighted by molar-refractivity contribution is 5.81. The molecule has 1 fully saturated rings. The molecule has 0 saturated heterocycles. The van der Waals surface area contributed by atoms with Crippen LogP contribution in [0, 0.1) is 5.92 Å². The zero-order valence-electron chi connectivity index (χ0n) is 9.89. The molecule has 0 aliphatic heterocycles. The summed E-state index contributed by atoms with van der Waals surface area (Å²) in [4.78, 5) is 11.7. The van der Waals surface area contributed by atoms with Crippen molar-refractivity contribution in [1.82, 2.24) is 0 Å². The van der Waals surface area contributed by atoms with Crippen LogP contribution in [0.3, 0.4) is 0 Å². The Balaban J connectivity index is 2.15. The molecule has 0 aromatic carbocycles. The van der Waals surface area contributed by atoms with E-state index in [4.69, 9.17) is 0 Å². The summed E-state index contributed by atoms with van der Waals surface area (Å²) >= 11 is 0. The second-order valence-corrected chi connectivity index (χ2v) is 4.57. The lowest BCUT2D eigenvalue weighted by Crippen LogP contribution is -2.20. The number of ketones is 1. The number of Topliss-reactive ketones (excluding diaryl/α,β-unsaturated/α-hetero) is 1. The SMILES string of the molecule is O=C(CCOCC(F)(F)F)C1CCCCCC1. The van der Waals surface area contributed by atoms with Crippen LogP contribution in [0.15, 0.2) is 0 Å². The predicted molar refractivity (Wildman–Crippen MR) is 57.7 cm³/mol. The van der Waals surface area contributed by atoms with Crippen LogP contribution in [0.4, 0.5) is 13.2 Å². The van der Waals surface area contributed by atoms with E-state index < -0.39 is 12.8 Å². The van der Waals surface area contributed by atoms with Gasteiger partial charge in [-0.05, 0) is 12.8 Å². The zero-order valence-corrected chi connectivity index (χ0v) is 9.89. The Kier molecular flexibility index (Phi) is 5.95. The lowest BCUT2D eigenvalue weighted by Gasteiger charge is -2.13. The van der Waals surface area contributed by atoms with E-state index in [2.05, 4.69) is 4.74 Å². The van der Waals surface area contributed by atoms with Gasteiger partial charge in [-0.1, -0.05) is 25.7 Å². The van der Waals surface area contributed by atoms with Crippen molar-refractivity contribution in [2.24, 2.45) is 5.92 Å². The second kappa shape index (κ2) is 6.99. The molecule has 0 bridgehead atoms.